The molecule has 0 amide bonds. The summed E-state index contributed by atoms with van der Waals surface area (Å²) < 4.78 is 31.5. The maximum absolute atomic E-state index is 12.1. The number of nitrogens with zero attached hydrogens (tertiary/aromatic N) is 1. The van der Waals surface area contributed by atoms with Crippen LogP contribution in [-0.2, 0) is 26.2 Å². The molecule has 0 fully saturated rings. The van der Waals surface area contributed by atoms with E-state index in [-0.39, 0.29) is 24.5 Å². The molecule has 0 saturated heterocycles. The zero-order valence-corrected chi connectivity index (χ0v) is 14.7. The van der Waals surface area contributed by atoms with Gasteiger partial charge >= 0.3 is 5.97 Å². The molecule has 8 heteroatoms. The van der Waals surface area contributed by atoms with Crippen molar-refractivity contribution >= 4 is 27.6 Å². The third-order valence-corrected chi connectivity index (χ3v) is 4.90. The third-order valence-electron chi connectivity index (χ3n) is 3.21. The molecule has 0 unspecified atom stereocenters. The second-order valence-corrected chi connectivity index (χ2v) is 7.28. The molecule has 2 aromatic rings. The van der Waals surface area contributed by atoms with E-state index < -0.39 is 16.0 Å². The van der Waals surface area contributed by atoms with Gasteiger partial charge in [0.15, 0.2) is 0 Å². The Kier molecular flexibility index (Phi) is 6.53. The Morgan fingerprint density at radius 1 is 1.20 bits per heavy atom. The first-order valence-corrected chi connectivity index (χ1v) is 9.17. The number of carbonyl (C=O) groups is 1. The second kappa shape index (κ2) is 8.62. The first-order valence-electron chi connectivity index (χ1n) is 7.30. The lowest BCUT2D eigenvalue weighted by Gasteiger charge is -2.08. The predicted molar refractivity (Wildman–Crippen MR) is 92.2 cm³/mol. The maximum atomic E-state index is 12.1. The number of benzene rings is 2. The van der Waals surface area contributed by atoms with Crippen molar-refractivity contribution < 1.29 is 17.9 Å². The fourth-order valence-corrected chi connectivity index (χ4v) is 3.25. The molecule has 2 rings (SSSR count). The van der Waals surface area contributed by atoms with E-state index in [9.17, 15) is 13.2 Å². The first-order chi connectivity index (χ1) is 11.9. The number of carbonyl (C=O) groups excluding carboxylic acids is 1. The summed E-state index contributed by atoms with van der Waals surface area (Å²) >= 11 is 5.77. The fourth-order valence-electron chi connectivity index (χ4n) is 1.92. The van der Waals surface area contributed by atoms with Gasteiger partial charge in [-0.3, -0.25) is 4.79 Å². The summed E-state index contributed by atoms with van der Waals surface area (Å²) in [7, 11) is -3.73. The number of hydrogen-bond donors (Lipinski definition) is 1. The molecule has 0 spiro atoms. The monoisotopic (exact) mass is 378 g/mol. The number of sulfonamides is 1. The van der Waals surface area contributed by atoms with Gasteiger partial charge in [0.1, 0.15) is 6.61 Å². The average Bonchev–Trinajstić information content (AvgIpc) is 2.60. The van der Waals surface area contributed by atoms with Crippen LogP contribution in [0, 0.1) is 11.3 Å². The molecule has 0 aliphatic heterocycles. The summed E-state index contributed by atoms with van der Waals surface area (Å²) in [4.78, 5) is 11.7. The number of halogens is 1. The number of nitriles is 1. The van der Waals surface area contributed by atoms with E-state index in [1.807, 2.05) is 6.07 Å². The number of hydrogen-bond acceptors (Lipinski definition) is 5. The van der Waals surface area contributed by atoms with Gasteiger partial charge in [0.2, 0.25) is 10.0 Å². The van der Waals surface area contributed by atoms with E-state index in [0.717, 1.165) is 5.56 Å². The van der Waals surface area contributed by atoms with Crippen molar-refractivity contribution in [3.63, 3.8) is 0 Å². The molecular weight excluding hydrogens is 364 g/mol. The fraction of sp³-hybridized carbons (Fsp3) is 0.176. The van der Waals surface area contributed by atoms with Gasteiger partial charge < -0.3 is 4.74 Å². The van der Waals surface area contributed by atoms with Crippen LogP contribution in [0.2, 0.25) is 5.02 Å². The van der Waals surface area contributed by atoms with E-state index in [1.54, 1.807) is 30.3 Å². The Morgan fingerprint density at radius 2 is 1.92 bits per heavy atom. The molecular formula is C17H15ClN2O4S. The highest BCUT2D eigenvalue weighted by Gasteiger charge is 2.14. The maximum Gasteiger partial charge on any atom is 0.307 e. The minimum absolute atomic E-state index is 0.0333. The average molecular weight is 379 g/mol. The second-order valence-electron chi connectivity index (χ2n) is 5.07. The topological polar surface area (TPSA) is 96.3 Å². The molecule has 130 valence electrons. The molecule has 0 saturated carbocycles. The molecule has 1 N–H and O–H groups in total. The van der Waals surface area contributed by atoms with Crippen LogP contribution in [0.25, 0.3) is 0 Å². The van der Waals surface area contributed by atoms with Crippen LogP contribution in [0.4, 0.5) is 0 Å². The van der Waals surface area contributed by atoms with Crippen LogP contribution >= 0.6 is 11.6 Å². The summed E-state index contributed by atoms with van der Waals surface area (Å²) in [5, 5.41) is 9.02. The number of ether oxygens (including phenoxy) is 1. The molecule has 0 bridgehead atoms. The first kappa shape index (κ1) is 18.9. The molecule has 0 atom stereocenters. The van der Waals surface area contributed by atoms with Gasteiger partial charge in [-0.15, -0.1) is 0 Å². The number of rotatable bonds is 7. The Morgan fingerprint density at radius 3 is 2.56 bits per heavy atom. The summed E-state index contributed by atoms with van der Waals surface area (Å²) in [6.45, 7) is -0.0212. The van der Waals surface area contributed by atoms with Crippen molar-refractivity contribution in [2.24, 2.45) is 0 Å². The highest BCUT2D eigenvalue weighted by molar-refractivity contribution is 7.89. The van der Waals surface area contributed by atoms with Gasteiger partial charge in [0, 0.05) is 11.6 Å². The van der Waals surface area contributed by atoms with Crippen molar-refractivity contribution in [2.45, 2.75) is 17.9 Å². The largest absolute Gasteiger partial charge is 0.461 e. The van der Waals surface area contributed by atoms with Crippen LogP contribution in [-0.4, -0.2) is 20.9 Å². The van der Waals surface area contributed by atoms with Gasteiger partial charge in [0.25, 0.3) is 0 Å². The zero-order chi connectivity index (χ0) is 18.3. The quantitative estimate of drug-likeness (QED) is 0.747. The normalized spacial score (nSPS) is 10.9. The van der Waals surface area contributed by atoms with E-state index in [0.29, 0.717) is 10.6 Å². The van der Waals surface area contributed by atoms with Gasteiger partial charge in [-0.2, -0.15) is 5.26 Å². The minimum Gasteiger partial charge on any atom is -0.461 e. The van der Waals surface area contributed by atoms with Crippen LogP contribution in [0.1, 0.15) is 17.5 Å². The molecule has 6 nitrogen and oxygen atoms in total. The smallest absolute Gasteiger partial charge is 0.307 e. The Balaban J connectivity index is 1.79. The SMILES string of the molecule is N#Cc1ccc(COC(=O)CCNS(=O)(=O)c2cccc(Cl)c2)cc1. The van der Waals surface area contributed by atoms with Crippen molar-refractivity contribution in [1.82, 2.24) is 4.72 Å². The van der Waals surface area contributed by atoms with E-state index in [2.05, 4.69) is 4.72 Å². The lowest BCUT2D eigenvalue weighted by molar-refractivity contribution is -0.144. The standard InChI is InChI=1S/C17H15ClN2O4S/c18-15-2-1-3-16(10-15)25(22,23)20-9-8-17(21)24-12-14-6-4-13(11-19)5-7-14/h1-7,10,20H,8-9,12H2. The van der Waals surface area contributed by atoms with Gasteiger partial charge in [-0.05, 0) is 35.9 Å². The summed E-state index contributed by atoms with van der Waals surface area (Å²) in [5.74, 6) is -0.529. The number of nitrogens with one attached hydrogen (secondary N) is 1. The molecule has 0 aromatic heterocycles. The van der Waals surface area contributed by atoms with Crippen LogP contribution < -0.4 is 4.72 Å². The van der Waals surface area contributed by atoms with Gasteiger partial charge in [-0.25, -0.2) is 13.1 Å². The zero-order valence-electron chi connectivity index (χ0n) is 13.1. The molecule has 25 heavy (non-hydrogen) atoms. The third kappa shape index (κ3) is 5.87. The Bertz CT molecular complexity index is 890. The summed E-state index contributed by atoms with van der Waals surface area (Å²) in [6.07, 6.45) is -0.101. The molecule has 0 heterocycles. The Hall–Kier alpha value is -2.40. The van der Waals surface area contributed by atoms with E-state index >= 15 is 0 Å². The van der Waals surface area contributed by atoms with E-state index in [4.69, 9.17) is 21.6 Å². The van der Waals surface area contributed by atoms with Crippen molar-refractivity contribution in [3.8, 4) is 6.07 Å². The van der Waals surface area contributed by atoms with Crippen LogP contribution in [0.15, 0.2) is 53.4 Å². The number of esters is 1. The highest BCUT2D eigenvalue weighted by Crippen LogP contribution is 2.15. The van der Waals surface area contributed by atoms with Crippen LogP contribution in [0.3, 0.4) is 0 Å². The molecule has 2 aromatic carbocycles. The van der Waals surface area contributed by atoms with Crippen molar-refractivity contribution in [1.29, 1.82) is 5.26 Å². The van der Waals surface area contributed by atoms with Gasteiger partial charge in [-0.1, -0.05) is 29.8 Å². The molecule has 0 radical (unpaired) electrons. The van der Waals surface area contributed by atoms with Gasteiger partial charge in [0.05, 0.1) is 22.9 Å². The summed E-state index contributed by atoms with van der Waals surface area (Å²) in [6, 6.07) is 14.5. The molecule has 0 aliphatic rings. The Labute approximate surface area is 151 Å². The highest BCUT2D eigenvalue weighted by atomic mass is 35.5. The van der Waals surface area contributed by atoms with Crippen molar-refractivity contribution in [2.75, 3.05) is 6.54 Å². The molecule has 0 aliphatic carbocycles. The van der Waals surface area contributed by atoms with E-state index in [1.165, 1.54) is 18.2 Å². The summed E-state index contributed by atoms with van der Waals surface area (Å²) in [5.41, 5.74) is 1.26. The lowest BCUT2D eigenvalue weighted by atomic mass is 10.2. The lowest BCUT2D eigenvalue weighted by Crippen LogP contribution is -2.26. The minimum atomic E-state index is -3.73. The van der Waals surface area contributed by atoms with Crippen molar-refractivity contribution in [3.05, 3.63) is 64.7 Å². The predicted octanol–water partition coefficient (Wildman–Crippen LogP) is 2.62. The van der Waals surface area contributed by atoms with Crippen LogP contribution in [0.5, 0.6) is 0 Å².